The molecular weight excluding hydrogens is 254 g/mol. The minimum absolute atomic E-state index is 0.103. The van der Waals surface area contributed by atoms with E-state index in [1.54, 1.807) is 23.2 Å². The number of hydrogen-bond acceptors (Lipinski definition) is 3. The normalized spacial score (nSPS) is 12.3. The fraction of sp³-hybridized carbons (Fsp3) is 0.333. The number of carbonyl (C=O) groups excluding carboxylic acids is 1. The topological polar surface area (TPSA) is 60.1 Å². The SMILES string of the molecule is CCC(C(=O)NCc1ccco1)n1cc(Cl)cn1. The molecule has 2 aromatic rings. The predicted molar refractivity (Wildman–Crippen MR) is 67.1 cm³/mol. The van der Waals surface area contributed by atoms with E-state index in [1.165, 1.54) is 6.20 Å². The van der Waals surface area contributed by atoms with Gasteiger partial charge in [-0.05, 0) is 18.6 Å². The van der Waals surface area contributed by atoms with Crippen LogP contribution >= 0.6 is 11.6 Å². The van der Waals surface area contributed by atoms with Gasteiger partial charge in [0.2, 0.25) is 5.91 Å². The highest BCUT2D eigenvalue weighted by Crippen LogP contribution is 2.14. The molecule has 0 fully saturated rings. The molecule has 0 spiro atoms. The lowest BCUT2D eigenvalue weighted by atomic mass is 10.2. The van der Waals surface area contributed by atoms with Crippen LogP contribution in [0.2, 0.25) is 5.02 Å². The summed E-state index contributed by atoms with van der Waals surface area (Å²) in [6, 6.07) is 3.24. The van der Waals surface area contributed by atoms with Crippen LogP contribution in [0.25, 0.3) is 0 Å². The summed E-state index contributed by atoms with van der Waals surface area (Å²) in [5, 5.41) is 7.38. The number of hydrogen-bond donors (Lipinski definition) is 1. The van der Waals surface area contributed by atoms with Crippen molar-refractivity contribution in [1.29, 1.82) is 0 Å². The molecule has 6 heteroatoms. The molecule has 96 valence electrons. The van der Waals surface area contributed by atoms with Gasteiger partial charge < -0.3 is 9.73 Å². The van der Waals surface area contributed by atoms with E-state index in [-0.39, 0.29) is 11.9 Å². The third-order valence-corrected chi connectivity index (χ3v) is 2.79. The molecule has 2 aromatic heterocycles. The Labute approximate surface area is 110 Å². The number of amides is 1. The number of nitrogens with one attached hydrogen (secondary N) is 1. The highest BCUT2D eigenvalue weighted by Gasteiger charge is 2.19. The summed E-state index contributed by atoms with van der Waals surface area (Å²) in [5.41, 5.74) is 0. The molecule has 2 heterocycles. The summed E-state index contributed by atoms with van der Waals surface area (Å²) in [7, 11) is 0. The van der Waals surface area contributed by atoms with Crippen molar-refractivity contribution in [2.45, 2.75) is 25.9 Å². The van der Waals surface area contributed by atoms with E-state index in [1.807, 2.05) is 13.0 Å². The lowest BCUT2D eigenvalue weighted by Gasteiger charge is -2.14. The summed E-state index contributed by atoms with van der Waals surface area (Å²) >= 11 is 5.79. The van der Waals surface area contributed by atoms with Crippen molar-refractivity contribution in [3.63, 3.8) is 0 Å². The van der Waals surface area contributed by atoms with Crippen LogP contribution in [0.1, 0.15) is 25.1 Å². The molecule has 1 amide bonds. The molecule has 1 N–H and O–H groups in total. The van der Waals surface area contributed by atoms with Crippen molar-refractivity contribution in [1.82, 2.24) is 15.1 Å². The highest BCUT2D eigenvalue weighted by molar-refractivity contribution is 6.30. The highest BCUT2D eigenvalue weighted by atomic mass is 35.5. The Kier molecular flexibility index (Phi) is 4.04. The van der Waals surface area contributed by atoms with Gasteiger partial charge in [0.1, 0.15) is 11.8 Å². The largest absolute Gasteiger partial charge is 0.467 e. The van der Waals surface area contributed by atoms with E-state index < -0.39 is 0 Å². The van der Waals surface area contributed by atoms with E-state index in [0.717, 1.165) is 5.76 Å². The maximum absolute atomic E-state index is 12.0. The van der Waals surface area contributed by atoms with Gasteiger partial charge in [0.15, 0.2) is 0 Å². The molecule has 0 aliphatic rings. The lowest BCUT2D eigenvalue weighted by Crippen LogP contribution is -2.32. The molecule has 2 rings (SSSR count). The maximum atomic E-state index is 12.0. The second-order valence-corrected chi connectivity index (χ2v) is 4.30. The molecule has 0 bridgehead atoms. The average molecular weight is 268 g/mol. The van der Waals surface area contributed by atoms with Gasteiger partial charge in [-0.2, -0.15) is 5.10 Å². The zero-order valence-electron chi connectivity index (χ0n) is 9.97. The first-order chi connectivity index (χ1) is 8.70. The van der Waals surface area contributed by atoms with Gasteiger partial charge in [-0.15, -0.1) is 0 Å². The minimum Gasteiger partial charge on any atom is -0.467 e. The van der Waals surface area contributed by atoms with Gasteiger partial charge in [0.05, 0.1) is 24.0 Å². The fourth-order valence-corrected chi connectivity index (χ4v) is 1.83. The molecule has 1 unspecified atom stereocenters. The zero-order chi connectivity index (χ0) is 13.0. The third kappa shape index (κ3) is 2.92. The lowest BCUT2D eigenvalue weighted by molar-refractivity contribution is -0.125. The monoisotopic (exact) mass is 267 g/mol. The second kappa shape index (κ2) is 5.73. The molecule has 0 saturated carbocycles. The van der Waals surface area contributed by atoms with E-state index >= 15 is 0 Å². The second-order valence-electron chi connectivity index (χ2n) is 3.86. The van der Waals surface area contributed by atoms with Gasteiger partial charge >= 0.3 is 0 Å². The Balaban J connectivity index is 1.97. The Bertz CT molecular complexity index is 507. The minimum atomic E-state index is -0.354. The maximum Gasteiger partial charge on any atom is 0.245 e. The van der Waals surface area contributed by atoms with Crippen LogP contribution in [0, 0.1) is 0 Å². The van der Waals surface area contributed by atoms with Crippen LogP contribution in [-0.2, 0) is 11.3 Å². The number of rotatable bonds is 5. The Hall–Kier alpha value is -1.75. The Morgan fingerprint density at radius 2 is 2.50 bits per heavy atom. The first kappa shape index (κ1) is 12.7. The molecule has 18 heavy (non-hydrogen) atoms. The van der Waals surface area contributed by atoms with Crippen molar-refractivity contribution in [2.24, 2.45) is 0 Å². The number of halogens is 1. The van der Waals surface area contributed by atoms with Crippen molar-refractivity contribution in [3.05, 3.63) is 41.6 Å². The predicted octanol–water partition coefficient (Wildman–Crippen LogP) is 2.40. The third-order valence-electron chi connectivity index (χ3n) is 2.60. The summed E-state index contributed by atoms with van der Waals surface area (Å²) in [6.45, 7) is 2.30. The summed E-state index contributed by atoms with van der Waals surface area (Å²) in [6.07, 6.45) is 5.38. The quantitative estimate of drug-likeness (QED) is 0.905. The van der Waals surface area contributed by atoms with E-state index in [0.29, 0.717) is 18.0 Å². The molecule has 0 aliphatic carbocycles. The van der Waals surface area contributed by atoms with Crippen LogP contribution in [0.5, 0.6) is 0 Å². The molecule has 0 radical (unpaired) electrons. The fourth-order valence-electron chi connectivity index (χ4n) is 1.68. The van der Waals surface area contributed by atoms with Crippen LogP contribution in [0.3, 0.4) is 0 Å². The molecule has 0 saturated heterocycles. The number of carbonyl (C=O) groups is 1. The van der Waals surface area contributed by atoms with E-state index in [4.69, 9.17) is 16.0 Å². The van der Waals surface area contributed by atoms with E-state index in [2.05, 4.69) is 10.4 Å². The van der Waals surface area contributed by atoms with Crippen molar-refractivity contribution in [3.8, 4) is 0 Å². The number of nitrogens with zero attached hydrogens (tertiary/aromatic N) is 2. The van der Waals surface area contributed by atoms with Crippen molar-refractivity contribution < 1.29 is 9.21 Å². The van der Waals surface area contributed by atoms with Crippen LogP contribution in [-0.4, -0.2) is 15.7 Å². The molecular formula is C12H14ClN3O2. The van der Waals surface area contributed by atoms with Gasteiger partial charge in [0.25, 0.3) is 0 Å². The summed E-state index contributed by atoms with van der Waals surface area (Å²) in [4.78, 5) is 12.0. The Morgan fingerprint density at radius 3 is 3.06 bits per heavy atom. The first-order valence-corrected chi connectivity index (χ1v) is 6.08. The van der Waals surface area contributed by atoms with Gasteiger partial charge in [-0.1, -0.05) is 18.5 Å². The summed E-state index contributed by atoms with van der Waals surface area (Å²) < 4.78 is 6.72. The first-order valence-electron chi connectivity index (χ1n) is 5.70. The van der Waals surface area contributed by atoms with Crippen LogP contribution in [0.4, 0.5) is 0 Å². The van der Waals surface area contributed by atoms with E-state index in [9.17, 15) is 4.79 Å². The molecule has 5 nitrogen and oxygen atoms in total. The molecule has 1 atom stereocenters. The van der Waals surface area contributed by atoms with Crippen molar-refractivity contribution >= 4 is 17.5 Å². The number of furan rings is 1. The smallest absolute Gasteiger partial charge is 0.245 e. The van der Waals surface area contributed by atoms with Crippen LogP contribution < -0.4 is 5.32 Å². The Morgan fingerprint density at radius 1 is 1.67 bits per heavy atom. The van der Waals surface area contributed by atoms with Crippen molar-refractivity contribution in [2.75, 3.05) is 0 Å². The summed E-state index contributed by atoms with van der Waals surface area (Å²) in [5.74, 6) is 0.616. The molecule has 0 aromatic carbocycles. The average Bonchev–Trinajstić information content (AvgIpc) is 2.99. The zero-order valence-corrected chi connectivity index (χ0v) is 10.7. The van der Waals surface area contributed by atoms with Crippen LogP contribution in [0.15, 0.2) is 35.2 Å². The number of aromatic nitrogens is 2. The molecule has 0 aliphatic heterocycles. The van der Waals surface area contributed by atoms with Gasteiger partial charge in [-0.25, -0.2) is 0 Å². The standard InChI is InChI=1S/C12H14ClN3O2/c1-2-11(16-8-9(13)6-15-16)12(17)14-7-10-4-3-5-18-10/h3-6,8,11H,2,7H2,1H3,(H,14,17). The van der Waals surface area contributed by atoms with Gasteiger partial charge in [0, 0.05) is 6.20 Å². The van der Waals surface area contributed by atoms with Gasteiger partial charge in [-0.3, -0.25) is 9.48 Å².